The molecular formula is C13H9ClO2. The van der Waals surface area contributed by atoms with Crippen molar-refractivity contribution in [3.05, 3.63) is 40.9 Å². The number of carbonyl (C=O) groups is 1. The molecule has 0 spiro atoms. The number of hydrogen-bond donors (Lipinski definition) is 0. The second kappa shape index (κ2) is 3.22. The molecule has 0 saturated heterocycles. The molecule has 1 aliphatic rings. The smallest absolute Gasteiger partial charge is 0.318 e. The summed E-state index contributed by atoms with van der Waals surface area (Å²) in [6.45, 7) is 1.83. The Balaban J connectivity index is 2.43. The number of halogens is 1. The molecule has 0 aromatic heterocycles. The quantitative estimate of drug-likeness (QED) is 0.513. The van der Waals surface area contributed by atoms with E-state index in [9.17, 15) is 4.79 Å². The lowest BCUT2D eigenvalue weighted by atomic mass is 9.99. The number of rotatable bonds is 0. The summed E-state index contributed by atoms with van der Waals surface area (Å²) in [6.07, 6.45) is 0. The van der Waals surface area contributed by atoms with E-state index in [4.69, 9.17) is 16.3 Å². The fraction of sp³-hybridized carbons (Fsp3) is 0.154. The molecule has 1 heterocycles. The summed E-state index contributed by atoms with van der Waals surface area (Å²) < 4.78 is 5.29. The van der Waals surface area contributed by atoms with Gasteiger partial charge in [-0.1, -0.05) is 35.9 Å². The highest BCUT2D eigenvalue weighted by atomic mass is 35.5. The minimum Gasteiger partial charge on any atom is -0.425 e. The average molecular weight is 233 g/mol. The van der Waals surface area contributed by atoms with Crippen molar-refractivity contribution in [1.29, 1.82) is 0 Å². The van der Waals surface area contributed by atoms with Gasteiger partial charge in [-0.15, -0.1) is 0 Å². The fourth-order valence-electron chi connectivity index (χ4n) is 2.08. The van der Waals surface area contributed by atoms with E-state index in [-0.39, 0.29) is 11.9 Å². The molecule has 2 aromatic rings. The second-order valence-electron chi connectivity index (χ2n) is 3.97. The van der Waals surface area contributed by atoms with Crippen LogP contribution in [0, 0.1) is 0 Å². The predicted molar refractivity (Wildman–Crippen MR) is 63.0 cm³/mol. The Morgan fingerprint density at radius 1 is 1.25 bits per heavy atom. The van der Waals surface area contributed by atoms with Crippen LogP contribution in [0.1, 0.15) is 18.4 Å². The van der Waals surface area contributed by atoms with E-state index in [1.807, 2.05) is 37.3 Å². The number of fused-ring (bicyclic) bond motifs is 3. The number of esters is 1. The monoisotopic (exact) mass is 232 g/mol. The summed E-state index contributed by atoms with van der Waals surface area (Å²) in [5.41, 5.74) is 0.883. The van der Waals surface area contributed by atoms with E-state index in [0.717, 1.165) is 16.3 Å². The molecule has 16 heavy (non-hydrogen) atoms. The average Bonchev–Trinajstić information content (AvgIpc) is 2.57. The Morgan fingerprint density at radius 3 is 2.69 bits per heavy atom. The molecule has 0 fully saturated rings. The largest absolute Gasteiger partial charge is 0.425 e. The molecular weight excluding hydrogens is 224 g/mol. The number of benzene rings is 2. The summed E-state index contributed by atoms with van der Waals surface area (Å²) in [5, 5.41) is 2.49. The first-order valence-electron chi connectivity index (χ1n) is 5.11. The van der Waals surface area contributed by atoms with Crippen molar-refractivity contribution in [1.82, 2.24) is 0 Å². The minimum atomic E-state index is -0.225. The maximum absolute atomic E-state index is 11.5. The van der Waals surface area contributed by atoms with E-state index in [1.165, 1.54) is 0 Å². The van der Waals surface area contributed by atoms with Crippen LogP contribution in [0.5, 0.6) is 5.75 Å². The lowest BCUT2D eigenvalue weighted by Crippen LogP contribution is -2.05. The third kappa shape index (κ3) is 1.17. The Hall–Kier alpha value is -1.54. The molecule has 3 heteroatoms. The van der Waals surface area contributed by atoms with E-state index in [2.05, 4.69) is 0 Å². The summed E-state index contributed by atoms with van der Waals surface area (Å²) >= 11 is 6.19. The van der Waals surface area contributed by atoms with Gasteiger partial charge in [-0.05, 0) is 13.0 Å². The van der Waals surface area contributed by atoms with Gasteiger partial charge in [0.2, 0.25) is 0 Å². The first kappa shape index (κ1) is 9.67. The highest BCUT2D eigenvalue weighted by molar-refractivity contribution is 6.36. The molecule has 0 N–H and O–H groups in total. The van der Waals surface area contributed by atoms with E-state index >= 15 is 0 Å². The number of ether oxygens (including phenoxy) is 1. The number of carbonyl (C=O) groups excluding carboxylic acids is 1. The van der Waals surface area contributed by atoms with Crippen LogP contribution in [0.4, 0.5) is 0 Å². The van der Waals surface area contributed by atoms with Crippen LogP contribution < -0.4 is 4.74 Å². The van der Waals surface area contributed by atoms with Crippen molar-refractivity contribution in [3.63, 3.8) is 0 Å². The van der Waals surface area contributed by atoms with Gasteiger partial charge in [0.25, 0.3) is 0 Å². The second-order valence-corrected chi connectivity index (χ2v) is 4.37. The highest BCUT2D eigenvalue weighted by Gasteiger charge is 2.31. The van der Waals surface area contributed by atoms with E-state index in [1.54, 1.807) is 0 Å². The zero-order valence-corrected chi connectivity index (χ0v) is 9.41. The number of hydrogen-bond acceptors (Lipinski definition) is 2. The zero-order chi connectivity index (χ0) is 11.3. The van der Waals surface area contributed by atoms with Crippen LogP contribution in [0.3, 0.4) is 0 Å². The molecule has 80 valence electrons. The van der Waals surface area contributed by atoms with Crippen LogP contribution >= 0.6 is 11.6 Å². The highest BCUT2D eigenvalue weighted by Crippen LogP contribution is 2.43. The fourth-order valence-corrected chi connectivity index (χ4v) is 2.36. The van der Waals surface area contributed by atoms with Crippen molar-refractivity contribution in [2.75, 3.05) is 0 Å². The van der Waals surface area contributed by atoms with Gasteiger partial charge in [-0.25, -0.2) is 0 Å². The van der Waals surface area contributed by atoms with Crippen molar-refractivity contribution < 1.29 is 9.53 Å². The first-order chi connectivity index (χ1) is 7.68. The Labute approximate surface area is 97.8 Å². The predicted octanol–water partition coefficient (Wildman–Crippen LogP) is 3.52. The van der Waals surface area contributed by atoms with Gasteiger partial charge < -0.3 is 4.74 Å². The lowest BCUT2D eigenvalue weighted by molar-refractivity contribution is -0.133. The molecule has 0 bridgehead atoms. The maximum Gasteiger partial charge on any atom is 0.318 e. The minimum absolute atomic E-state index is 0.206. The standard InChI is InChI=1S/C13H9ClO2/c1-7-10-6-11(14)8-4-2-3-5-9(8)12(10)16-13(7)15/h2-7H,1H3. The van der Waals surface area contributed by atoms with Crippen molar-refractivity contribution in [2.24, 2.45) is 0 Å². The SMILES string of the molecule is CC1C(=O)Oc2c1cc(Cl)c1ccccc21. The van der Waals surface area contributed by atoms with Gasteiger partial charge in [0.1, 0.15) is 5.75 Å². The summed E-state index contributed by atoms with van der Waals surface area (Å²) in [5.74, 6) is 0.233. The summed E-state index contributed by atoms with van der Waals surface area (Å²) in [7, 11) is 0. The molecule has 1 unspecified atom stereocenters. The van der Waals surface area contributed by atoms with Crippen LogP contribution in [-0.2, 0) is 4.79 Å². The van der Waals surface area contributed by atoms with Crippen LogP contribution in [0.15, 0.2) is 30.3 Å². The van der Waals surface area contributed by atoms with Gasteiger partial charge >= 0.3 is 5.97 Å². The van der Waals surface area contributed by atoms with Gasteiger partial charge in [-0.3, -0.25) is 4.79 Å². The normalized spacial score (nSPS) is 18.6. The third-order valence-corrected chi connectivity index (χ3v) is 3.31. The Bertz CT molecular complexity index is 604. The molecule has 0 aliphatic carbocycles. The summed E-state index contributed by atoms with van der Waals surface area (Å²) in [4.78, 5) is 11.5. The Kier molecular flexibility index (Phi) is 1.95. The molecule has 3 rings (SSSR count). The van der Waals surface area contributed by atoms with Crippen molar-refractivity contribution in [2.45, 2.75) is 12.8 Å². The van der Waals surface area contributed by atoms with E-state index in [0.29, 0.717) is 10.8 Å². The van der Waals surface area contributed by atoms with Crippen LogP contribution in [-0.4, -0.2) is 5.97 Å². The molecule has 2 aromatic carbocycles. The van der Waals surface area contributed by atoms with Crippen LogP contribution in [0.2, 0.25) is 5.02 Å². The van der Waals surface area contributed by atoms with E-state index < -0.39 is 0 Å². The lowest BCUT2D eigenvalue weighted by Gasteiger charge is -2.06. The molecule has 2 nitrogen and oxygen atoms in total. The molecule has 1 aliphatic heterocycles. The summed E-state index contributed by atoms with van der Waals surface area (Å²) in [6, 6.07) is 9.51. The first-order valence-corrected chi connectivity index (χ1v) is 5.49. The maximum atomic E-state index is 11.5. The molecule has 0 radical (unpaired) electrons. The van der Waals surface area contributed by atoms with Crippen molar-refractivity contribution >= 4 is 28.3 Å². The molecule has 1 atom stereocenters. The van der Waals surface area contributed by atoms with Crippen molar-refractivity contribution in [3.8, 4) is 5.75 Å². The van der Waals surface area contributed by atoms with Crippen LogP contribution in [0.25, 0.3) is 10.8 Å². The zero-order valence-electron chi connectivity index (χ0n) is 8.66. The van der Waals surface area contributed by atoms with Gasteiger partial charge in [-0.2, -0.15) is 0 Å². The molecule has 0 saturated carbocycles. The molecule has 0 amide bonds. The van der Waals surface area contributed by atoms with Gasteiger partial charge in [0, 0.05) is 21.4 Å². The third-order valence-electron chi connectivity index (χ3n) is 3.00. The van der Waals surface area contributed by atoms with Gasteiger partial charge in [0.15, 0.2) is 0 Å². The Morgan fingerprint density at radius 2 is 1.94 bits per heavy atom. The topological polar surface area (TPSA) is 26.3 Å². The van der Waals surface area contributed by atoms with Gasteiger partial charge in [0.05, 0.1) is 5.92 Å².